The van der Waals surface area contributed by atoms with Crippen LogP contribution in [0.4, 0.5) is 0 Å². The van der Waals surface area contributed by atoms with Crippen LogP contribution in [0.3, 0.4) is 0 Å². The fourth-order valence-corrected chi connectivity index (χ4v) is 2.38. The van der Waals surface area contributed by atoms with Crippen molar-refractivity contribution in [3.63, 3.8) is 0 Å². The first-order valence-electron chi connectivity index (χ1n) is 6.34. The van der Waals surface area contributed by atoms with Gasteiger partial charge in [-0.2, -0.15) is 0 Å². The molecule has 0 fully saturated rings. The van der Waals surface area contributed by atoms with Gasteiger partial charge in [-0.05, 0) is 43.2 Å². The van der Waals surface area contributed by atoms with Crippen LogP contribution in [0.1, 0.15) is 39.7 Å². The fourth-order valence-electron chi connectivity index (χ4n) is 2.38. The Hall–Kier alpha value is -2.03. The third-order valence-corrected chi connectivity index (χ3v) is 3.24. The molecule has 0 bridgehead atoms. The van der Waals surface area contributed by atoms with Gasteiger partial charge < -0.3 is 9.15 Å². The molecule has 0 N–H and O–H groups in total. The van der Waals surface area contributed by atoms with E-state index in [1.807, 2.05) is 32.9 Å². The maximum Gasteiger partial charge on any atom is 0.196 e. The molecule has 0 aliphatic rings. The second-order valence-electron chi connectivity index (χ2n) is 4.58. The minimum absolute atomic E-state index is 0.000506. The van der Waals surface area contributed by atoms with Gasteiger partial charge >= 0.3 is 0 Å². The maximum atomic E-state index is 12.5. The zero-order valence-electron chi connectivity index (χ0n) is 11.7. The molecule has 19 heavy (non-hydrogen) atoms. The van der Waals surface area contributed by atoms with E-state index in [0.717, 1.165) is 22.6 Å². The summed E-state index contributed by atoms with van der Waals surface area (Å²) in [5, 5.41) is 0. The summed E-state index contributed by atoms with van der Waals surface area (Å²) in [4.78, 5) is 12.5. The molecule has 1 aromatic heterocycles. The number of carbonyl (C=O) groups is 1. The summed E-state index contributed by atoms with van der Waals surface area (Å²) in [5.74, 6) is 1.56. The number of furan rings is 1. The summed E-state index contributed by atoms with van der Waals surface area (Å²) in [7, 11) is 1.64. The largest absolute Gasteiger partial charge is 0.496 e. The van der Waals surface area contributed by atoms with Gasteiger partial charge in [0.2, 0.25) is 0 Å². The van der Waals surface area contributed by atoms with Crippen LogP contribution < -0.4 is 4.74 Å². The van der Waals surface area contributed by atoms with Crippen molar-refractivity contribution in [3.05, 3.63) is 52.5 Å². The molecule has 0 saturated carbocycles. The summed E-state index contributed by atoms with van der Waals surface area (Å²) >= 11 is 0. The first-order valence-corrected chi connectivity index (χ1v) is 6.34. The lowest BCUT2D eigenvalue weighted by molar-refractivity contribution is 0.103. The average Bonchev–Trinajstić information content (AvgIpc) is 2.85. The van der Waals surface area contributed by atoms with E-state index in [4.69, 9.17) is 9.15 Å². The Morgan fingerprint density at radius 1 is 1.26 bits per heavy atom. The Kier molecular flexibility index (Phi) is 3.74. The summed E-state index contributed by atoms with van der Waals surface area (Å²) in [5.41, 5.74) is 3.25. The third-order valence-electron chi connectivity index (χ3n) is 3.24. The van der Waals surface area contributed by atoms with Gasteiger partial charge in [-0.25, -0.2) is 0 Å². The van der Waals surface area contributed by atoms with Gasteiger partial charge in [-0.1, -0.05) is 6.92 Å². The predicted molar refractivity (Wildman–Crippen MR) is 74.0 cm³/mol. The van der Waals surface area contributed by atoms with Crippen LogP contribution in [0.15, 0.2) is 28.9 Å². The Bertz CT molecular complexity index is 585. The van der Waals surface area contributed by atoms with E-state index >= 15 is 0 Å². The standard InChI is InChI=1S/C16H18O3/c1-5-14-13(6-7-19-14)15(17)12-8-10(2)16(18-4)11(3)9-12/h6-9H,5H2,1-4H3. The molecule has 0 aliphatic carbocycles. The Labute approximate surface area is 113 Å². The number of hydrogen-bond donors (Lipinski definition) is 0. The first-order chi connectivity index (χ1) is 9.08. The van der Waals surface area contributed by atoms with E-state index in [1.165, 1.54) is 0 Å². The van der Waals surface area contributed by atoms with Gasteiger partial charge in [0.1, 0.15) is 11.5 Å². The molecule has 100 valence electrons. The van der Waals surface area contributed by atoms with E-state index < -0.39 is 0 Å². The van der Waals surface area contributed by atoms with Crippen molar-refractivity contribution >= 4 is 5.78 Å². The van der Waals surface area contributed by atoms with Gasteiger partial charge in [0.05, 0.1) is 18.9 Å². The molecule has 3 heteroatoms. The predicted octanol–water partition coefficient (Wildman–Crippen LogP) is 3.70. The number of ether oxygens (including phenoxy) is 1. The molecule has 1 heterocycles. The lowest BCUT2D eigenvalue weighted by Gasteiger charge is -2.10. The smallest absolute Gasteiger partial charge is 0.196 e. The van der Waals surface area contributed by atoms with Crippen LogP contribution in [-0.2, 0) is 6.42 Å². The minimum atomic E-state index is -0.000506. The highest BCUT2D eigenvalue weighted by Gasteiger charge is 2.17. The topological polar surface area (TPSA) is 39.4 Å². The molecule has 2 rings (SSSR count). The molecular weight excluding hydrogens is 240 g/mol. The Balaban J connectivity index is 2.45. The van der Waals surface area contributed by atoms with Gasteiger partial charge in [0.15, 0.2) is 5.78 Å². The van der Waals surface area contributed by atoms with Gasteiger partial charge in [-0.15, -0.1) is 0 Å². The lowest BCUT2D eigenvalue weighted by atomic mass is 9.98. The van der Waals surface area contributed by atoms with Gasteiger partial charge in [0.25, 0.3) is 0 Å². The molecule has 0 spiro atoms. The van der Waals surface area contributed by atoms with Crippen molar-refractivity contribution in [2.75, 3.05) is 7.11 Å². The van der Waals surface area contributed by atoms with Gasteiger partial charge in [-0.3, -0.25) is 4.79 Å². The second-order valence-corrected chi connectivity index (χ2v) is 4.58. The van der Waals surface area contributed by atoms with Crippen LogP contribution >= 0.6 is 0 Å². The van der Waals surface area contributed by atoms with Crippen LogP contribution in [0.2, 0.25) is 0 Å². The Morgan fingerprint density at radius 2 is 1.89 bits per heavy atom. The van der Waals surface area contributed by atoms with E-state index in [2.05, 4.69) is 0 Å². The van der Waals surface area contributed by atoms with E-state index in [9.17, 15) is 4.79 Å². The quantitative estimate of drug-likeness (QED) is 0.785. The summed E-state index contributed by atoms with van der Waals surface area (Å²) in [6.07, 6.45) is 2.28. The van der Waals surface area contributed by atoms with Crippen molar-refractivity contribution in [1.29, 1.82) is 0 Å². The highest BCUT2D eigenvalue weighted by atomic mass is 16.5. The molecule has 3 nitrogen and oxygen atoms in total. The van der Waals surface area contributed by atoms with Gasteiger partial charge in [0, 0.05) is 12.0 Å². The van der Waals surface area contributed by atoms with Crippen molar-refractivity contribution in [2.45, 2.75) is 27.2 Å². The van der Waals surface area contributed by atoms with Crippen LogP contribution in [0.25, 0.3) is 0 Å². The zero-order chi connectivity index (χ0) is 14.0. The number of hydrogen-bond acceptors (Lipinski definition) is 3. The maximum absolute atomic E-state index is 12.5. The van der Waals surface area contributed by atoms with Crippen LogP contribution in [0, 0.1) is 13.8 Å². The lowest BCUT2D eigenvalue weighted by Crippen LogP contribution is -2.04. The van der Waals surface area contributed by atoms with E-state index in [0.29, 0.717) is 17.5 Å². The number of carbonyl (C=O) groups excluding carboxylic acids is 1. The van der Waals surface area contributed by atoms with Crippen LogP contribution in [0.5, 0.6) is 5.75 Å². The molecule has 0 amide bonds. The number of aryl methyl sites for hydroxylation is 3. The molecular formula is C16H18O3. The summed E-state index contributed by atoms with van der Waals surface area (Å²) in [6.45, 7) is 5.86. The highest BCUT2D eigenvalue weighted by molar-refractivity contribution is 6.10. The molecule has 2 aromatic rings. The fraction of sp³-hybridized carbons (Fsp3) is 0.312. The molecule has 0 saturated heterocycles. The molecule has 0 aliphatic heterocycles. The number of ketones is 1. The van der Waals surface area contributed by atoms with Crippen molar-refractivity contribution in [3.8, 4) is 5.75 Å². The molecule has 0 unspecified atom stereocenters. The number of rotatable bonds is 4. The monoisotopic (exact) mass is 258 g/mol. The third kappa shape index (κ3) is 2.41. The van der Waals surface area contributed by atoms with Crippen molar-refractivity contribution < 1.29 is 13.9 Å². The Morgan fingerprint density at radius 3 is 2.42 bits per heavy atom. The van der Waals surface area contributed by atoms with Crippen molar-refractivity contribution in [1.82, 2.24) is 0 Å². The normalized spacial score (nSPS) is 10.5. The molecule has 0 radical (unpaired) electrons. The van der Waals surface area contributed by atoms with E-state index in [1.54, 1.807) is 19.4 Å². The average molecular weight is 258 g/mol. The minimum Gasteiger partial charge on any atom is -0.496 e. The highest BCUT2D eigenvalue weighted by Crippen LogP contribution is 2.26. The number of methoxy groups -OCH3 is 1. The molecule has 0 atom stereocenters. The first kappa shape index (κ1) is 13.4. The van der Waals surface area contributed by atoms with Crippen LogP contribution in [-0.4, -0.2) is 12.9 Å². The second kappa shape index (κ2) is 5.31. The van der Waals surface area contributed by atoms with Crippen molar-refractivity contribution in [2.24, 2.45) is 0 Å². The number of benzene rings is 1. The summed E-state index contributed by atoms with van der Waals surface area (Å²) < 4.78 is 10.6. The van der Waals surface area contributed by atoms with E-state index in [-0.39, 0.29) is 5.78 Å². The zero-order valence-corrected chi connectivity index (χ0v) is 11.7. The summed E-state index contributed by atoms with van der Waals surface area (Å²) in [6, 6.07) is 5.46. The molecule has 1 aromatic carbocycles. The SMILES string of the molecule is CCc1occc1C(=O)c1cc(C)c(OC)c(C)c1.